The number of halogens is 1. The Morgan fingerprint density at radius 1 is 1.20 bits per heavy atom. The molecule has 0 aliphatic carbocycles. The molecular formula is C16H24FNO2. The minimum atomic E-state index is -0.647. The van der Waals surface area contributed by atoms with Crippen LogP contribution in [0.2, 0.25) is 0 Å². The van der Waals surface area contributed by atoms with Crippen molar-refractivity contribution in [3.05, 3.63) is 29.6 Å². The van der Waals surface area contributed by atoms with Crippen LogP contribution >= 0.6 is 0 Å². The van der Waals surface area contributed by atoms with Crippen LogP contribution in [-0.4, -0.2) is 19.6 Å². The number of esters is 1. The van der Waals surface area contributed by atoms with Crippen LogP contribution in [0.4, 0.5) is 10.1 Å². The molecule has 0 aromatic heterocycles. The lowest BCUT2D eigenvalue weighted by atomic mass is 10.1. The summed E-state index contributed by atoms with van der Waals surface area (Å²) in [7, 11) is 1.25. The van der Waals surface area contributed by atoms with Crippen LogP contribution in [0.1, 0.15) is 55.8 Å². The molecule has 0 aliphatic rings. The standard InChI is InChI=1S/C16H24FNO2/c1-3-4-5-6-7-8-11-18-13-9-10-15(17)14(12-13)16(19)20-2/h9-10,12,18H,3-8,11H2,1-2H3. The molecule has 0 unspecified atom stereocenters. The quantitative estimate of drug-likeness (QED) is 0.539. The van der Waals surface area contributed by atoms with Gasteiger partial charge in [0.05, 0.1) is 12.7 Å². The van der Waals surface area contributed by atoms with Crippen molar-refractivity contribution in [2.75, 3.05) is 19.0 Å². The third kappa shape index (κ3) is 5.59. The molecule has 0 saturated carbocycles. The average molecular weight is 281 g/mol. The van der Waals surface area contributed by atoms with Gasteiger partial charge in [0.15, 0.2) is 0 Å². The summed E-state index contributed by atoms with van der Waals surface area (Å²) in [5.74, 6) is -1.20. The van der Waals surface area contributed by atoms with Crippen molar-refractivity contribution in [1.29, 1.82) is 0 Å². The largest absolute Gasteiger partial charge is 0.465 e. The van der Waals surface area contributed by atoms with Crippen LogP contribution in [0.3, 0.4) is 0 Å². The molecule has 112 valence electrons. The maximum atomic E-state index is 13.4. The van der Waals surface area contributed by atoms with Crippen LogP contribution in [0.25, 0.3) is 0 Å². The Kier molecular flexibility index (Phi) is 7.70. The van der Waals surface area contributed by atoms with Crippen LogP contribution in [0.5, 0.6) is 0 Å². The van der Waals surface area contributed by atoms with Gasteiger partial charge in [-0.2, -0.15) is 0 Å². The number of carbonyl (C=O) groups excluding carboxylic acids is 1. The summed E-state index contributed by atoms with van der Waals surface area (Å²) in [4.78, 5) is 11.4. The summed E-state index contributed by atoms with van der Waals surface area (Å²) < 4.78 is 18.0. The number of hydrogen-bond donors (Lipinski definition) is 1. The molecule has 0 atom stereocenters. The number of unbranched alkanes of at least 4 members (excludes halogenated alkanes) is 5. The molecular weight excluding hydrogens is 257 g/mol. The van der Waals surface area contributed by atoms with Gasteiger partial charge in [0.25, 0.3) is 0 Å². The minimum absolute atomic E-state index is 0.0274. The molecule has 0 spiro atoms. The van der Waals surface area contributed by atoms with Gasteiger partial charge in [0.1, 0.15) is 5.82 Å². The van der Waals surface area contributed by atoms with E-state index in [0.717, 1.165) is 18.7 Å². The Morgan fingerprint density at radius 3 is 2.60 bits per heavy atom. The molecule has 0 saturated heterocycles. The van der Waals surface area contributed by atoms with Gasteiger partial charge in [-0.25, -0.2) is 9.18 Å². The van der Waals surface area contributed by atoms with Crippen molar-refractivity contribution in [2.45, 2.75) is 45.4 Å². The van der Waals surface area contributed by atoms with Crippen molar-refractivity contribution in [2.24, 2.45) is 0 Å². The first-order valence-electron chi connectivity index (χ1n) is 7.30. The lowest BCUT2D eigenvalue weighted by Crippen LogP contribution is -2.07. The first-order chi connectivity index (χ1) is 9.69. The predicted molar refractivity (Wildman–Crippen MR) is 79.6 cm³/mol. The molecule has 1 aromatic rings. The van der Waals surface area contributed by atoms with Gasteiger partial charge in [-0.3, -0.25) is 0 Å². The first-order valence-corrected chi connectivity index (χ1v) is 7.30. The zero-order valence-electron chi connectivity index (χ0n) is 12.4. The smallest absolute Gasteiger partial charge is 0.340 e. The number of anilines is 1. The number of nitrogens with one attached hydrogen (secondary N) is 1. The maximum Gasteiger partial charge on any atom is 0.340 e. The molecule has 0 bridgehead atoms. The average Bonchev–Trinajstić information content (AvgIpc) is 2.47. The zero-order valence-corrected chi connectivity index (χ0v) is 12.4. The van der Waals surface area contributed by atoms with E-state index >= 15 is 0 Å². The van der Waals surface area contributed by atoms with Crippen LogP contribution in [0.15, 0.2) is 18.2 Å². The zero-order chi connectivity index (χ0) is 14.8. The highest BCUT2D eigenvalue weighted by molar-refractivity contribution is 5.90. The topological polar surface area (TPSA) is 38.3 Å². The van der Waals surface area contributed by atoms with E-state index in [1.54, 1.807) is 6.07 Å². The Hall–Kier alpha value is -1.58. The Balaban J connectivity index is 2.35. The van der Waals surface area contributed by atoms with Gasteiger partial charge >= 0.3 is 5.97 Å². The fourth-order valence-corrected chi connectivity index (χ4v) is 2.04. The molecule has 1 N–H and O–H groups in total. The Morgan fingerprint density at radius 2 is 1.90 bits per heavy atom. The summed E-state index contributed by atoms with van der Waals surface area (Å²) in [5, 5.41) is 3.21. The number of methoxy groups -OCH3 is 1. The summed E-state index contributed by atoms with van der Waals surface area (Å²) >= 11 is 0. The first kappa shape index (κ1) is 16.5. The van der Waals surface area contributed by atoms with Crippen LogP contribution in [0, 0.1) is 5.82 Å². The van der Waals surface area contributed by atoms with Crippen molar-refractivity contribution < 1.29 is 13.9 Å². The van der Waals surface area contributed by atoms with E-state index < -0.39 is 11.8 Å². The van der Waals surface area contributed by atoms with Crippen molar-refractivity contribution in [3.8, 4) is 0 Å². The number of hydrogen-bond acceptors (Lipinski definition) is 3. The highest BCUT2D eigenvalue weighted by atomic mass is 19.1. The highest BCUT2D eigenvalue weighted by Gasteiger charge is 2.12. The van der Waals surface area contributed by atoms with Gasteiger partial charge in [-0.15, -0.1) is 0 Å². The van der Waals surface area contributed by atoms with E-state index in [4.69, 9.17) is 0 Å². The highest BCUT2D eigenvalue weighted by Crippen LogP contribution is 2.16. The number of carbonyl (C=O) groups is 1. The van der Waals surface area contributed by atoms with Gasteiger partial charge in [-0.1, -0.05) is 39.0 Å². The molecule has 1 aromatic carbocycles. The summed E-state index contributed by atoms with van der Waals surface area (Å²) in [5.41, 5.74) is 0.723. The van der Waals surface area contributed by atoms with Crippen molar-refractivity contribution in [1.82, 2.24) is 0 Å². The number of ether oxygens (including phenoxy) is 1. The van der Waals surface area contributed by atoms with Gasteiger partial charge in [0, 0.05) is 12.2 Å². The van der Waals surface area contributed by atoms with E-state index in [-0.39, 0.29) is 5.56 Å². The number of benzene rings is 1. The molecule has 0 heterocycles. The third-order valence-electron chi connectivity index (χ3n) is 3.23. The van der Waals surface area contributed by atoms with Crippen LogP contribution < -0.4 is 5.32 Å². The SMILES string of the molecule is CCCCCCCCNc1ccc(F)c(C(=O)OC)c1. The van der Waals surface area contributed by atoms with E-state index in [0.29, 0.717) is 0 Å². The van der Waals surface area contributed by atoms with E-state index in [1.165, 1.54) is 51.3 Å². The van der Waals surface area contributed by atoms with E-state index in [2.05, 4.69) is 17.0 Å². The second kappa shape index (κ2) is 9.34. The fourth-order valence-electron chi connectivity index (χ4n) is 2.04. The van der Waals surface area contributed by atoms with E-state index in [9.17, 15) is 9.18 Å². The summed E-state index contributed by atoms with van der Waals surface area (Å²) in [6.45, 7) is 3.04. The van der Waals surface area contributed by atoms with Crippen molar-refractivity contribution in [3.63, 3.8) is 0 Å². The molecule has 1 rings (SSSR count). The maximum absolute atomic E-state index is 13.4. The third-order valence-corrected chi connectivity index (χ3v) is 3.23. The van der Waals surface area contributed by atoms with E-state index in [1.807, 2.05) is 0 Å². The molecule has 20 heavy (non-hydrogen) atoms. The fraction of sp³-hybridized carbons (Fsp3) is 0.562. The van der Waals surface area contributed by atoms with Gasteiger partial charge < -0.3 is 10.1 Å². The lowest BCUT2D eigenvalue weighted by molar-refractivity contribution is 0.0595. The molecule has 3 nitrogen and oxygen atoms in total. The van der Waals surface area contributed by atoms with Gasteiger partial charge in [-0.05, 0) is 24.6 Å². The minimum Gasteiger partial charge on any atom is -0.465 e. The predicted octanol–water partition coefficient (Wildman–Crippen LogP) is 4.38. The molecule has 0 radical (unpaired) electrons. The Labute approximate surface area is 120 Å². The van der Waals surface area contributed by atoms with Gasteiger partial charge in [0.2, 0.25) is 0 Å². The normalized spacial score (nSPS) is 10.3. The lowest BCUT2D eigenvalue weighted by Gasteiger charge is -2.08. The number of rotatable bonds is 9. The Bertz CT molecular complexity index is 421. The monoisotopic (exact) mass is 281 g/mol. The molecule has 0 amide bonds. The molecule has 0 fully saturated rings. The van der Waals surface area contributed by atoms with Crippen molar-refractivity contribution >= 4 is 11.7 Å². The second-order valence-electron chi connectivity index (χ2n) is 4.88. The molecule has 4 heteroatoms. The summed E-state index contributed by atoms with van der Waals surface area (Å²) in [6, 6.07) is 4.42. The van der Waals surface area contributed by atoms with Crippen LogP contribution in [-0.2, 0) is 4.74 Å². The second-order valence-corrected chi connectivity index (χ2v) is 4.88. The molecule has 0 aliphatic heterocycles. The summed E-state index contributed by atoms with van der Waals surface area (Å²) in [6.07, 6.45) is 7.37.